The van der Waals surface area contributed by atoms with Gasteiger partial charge in [-0.3, -0.25) is 29.4 Å². The molecule has 3 N–H and O–H groups in total. The van der Waals surface area contributed by atoms with Crippen molar-refractivity contribution in [1.29, 1.82) is 0 Å². The van der Waals surface area contributed by atoms with Gasteiger partial charge in [-0.15, -0.1) is 0 Å². The minimum Gasteiger partial charge on any atom is -0.478 e. The number of rotatable bonds is 5. The highest BCUT2D eigenvalue weighted by molar-refractivity contribution is 6.31. The molecule has 36 heavy (non-hydrogen) atoms. The van der Waals surface area contributed by atoms with Crippen LogP contribution in [0, 0.1) is 0 Å². The number of nitrogens with zero attached hydrogens (tertiary/aromatic N) is 1. The Kier molecular flexibility index (Phi) is 5.79. The number of fused-ring (bicyclic) bond motifs is 2. The molecule has 1 spiro atoms. The first-order valence-electron chi connectivity index (χ1n) is 11.1. The van der Waals surface area contributed by atoms with Crippen LogP contribution in [0.25, 0.3) is 0 Å². The summed E-state index contributed by atoms with van der Waals surface area (Å²) in [6.45, 7) is -0.354. The van der Waals surface area contributed by atoms with Crippen molar-refractivity contribution >= 4 is 52.7 Å². The van der Waals surface area contributed by atoms with Crippen LogP contribution in [0.1, 0.15) is 17.5 Å². The third-order valence-corrected chi connectivity index (χ3v) is 6.63. The van der Waals surface area contributed by atoms with E-state index in [0.29, 0.717) is 35.0 Å². The number of carbonyl (C=O) groups excluding carboxylic acids is 5. The molecule has 2 heterocycles. The fourth-order valence-corrected chi connectivity index (χ4v) is 4.87. The van der Waals surface area contributed by atoms with Crippen molar-refractivity contribution < 1.29 is 33.4 Å². The summed E-state index contributed by atoms with van der Waals surface area (Å²) in [6, 6.07) is 9.34. The molecule has 2 aromatic rings. The maximum Gasteiger partial charge on any atom is 0.322 e. The van der Waals surface area contributed by atoms with E-state index in [1.54, 1.807) is 30.3 Å². The standard InChI is InChI=1S/C24H21ClN4O7/c1-35-20(31)8-18-21(32)29(16-7-14(25)3-5-17(16)36-18)11-19(30)26-15-4-2-12-9-24(10-13(12)6-15)22(33)27-23(34)28-24/h2-7,18H,8-11H2,1H3,(H,26,30)(H2,27,28,33,34). The molecule has 1 saturated heterocycles. The maximum absolute atomic E-state index is 13.1. The topological polar surface area (TPSA) is 143 Å². The van der Waals surface area contributed by atoms with Gasteiger partial charge >= 0.3 is 12.0 Å². The molecular formula is C24H21ClN4O7. The van der Waals surface area contributed by atoms with Gasteiger partial charge < -0.3 is 20.1 Å². The van der Waals surface area contributed by atoms with Crippen LogP contribution in [0.3, 0.4) is 0 Å². The molecule has 1 fully saturated rings. The zero-order chi connectivity index (χ0) is 25.6. The van der Waals surface area contributed by atoms with Crippen molar-refractivity contribution in [1.82, 2.24) is 10.6 Å². The van der Waals surface area contributed by atoms with Crippen molar-refractivity contribution in [3.8, 4) is 5.75 Å². The second kappa shape index (κ2) is 8.83. The smallest absolute Gasteiger partial charge is 0.322 e. The van der Waals surface area contributed by atoms with E-state index < -0.39 is 35.5 Å². The van der Waals surface area contributed by atoms with Crippen molar-refractivity contribution in [2.45, 2.75) is 30.9 Å². The van der Waals surface area contributed by atoms with E-state index >= 15 is 0 Å². The van der Waals surface area contributed by atoms with Gasteiger partial charge in [0, 0.05) is 23.6 Å². The van der Waals surface area contributed by atoms with Gasteiger partial charge in [0.2, 0.25) is 5.91 Å². The van der Waals surface area contributed by atoms with Gasteiger partial charge in [-0.2, -0.15) is 0 Å². The summed E-state index contributed by atoms with van der Waals surface area (Å²) in [7, 11) is 1.21. The zero-order valence-corrected chi connectivity index (χ0v) is 19.8. The molecule has 186 valence electrons. The number of carbonyl (C=O) groups is 5. The van der Waals surface area contributed by atoms with Crippen LogP contribution in [0.5, 0.6) is 5.75 Å². The number of esters is 1. The predicted octanol–water partition coefficient (Wildman–Crippen LogP) is 1.31. The average Bonchev–Trinajstić information content (AvgIpc) is 3.33. The number of urea groups is 1. The number of hydrogen-bond acceptors (Lipinski definition) is 7. The van der Waals surface area contributed by atoms with Gasteiger partial charge in [-0.25, -0.2) is 4.79 Å². The number of anilines is 2. The Labute approximate surface area is 210 Å². The highest BCUT2D eigenvalue weighted by Crippen LogP contribution is 2.37. The molecule has 0 radical (unpaired) electrons. The molecule has 5 rings (SSSR count). The van der Waals surface area contributed by atoms with Crippen LogP contribution >= 0.6 is 11.6 Å². The molecular weight excluding hydrogens is 492 g/mol. The average molecular weight is 513 g/mol. The summed E-state index contributed by atoms with van der Waals surface area (Å²) >= 11 is 6.10. The van der Waals surface area contributed by atoms with E-state index in [-0.39, 0.29) is 18.9 Å². The number of nitrogens with one attached hydrogen (secondary N) is 3. The van der Waals surface area contributed by atoms with Crippen LogP contribution in [0.15, 0.2) is 36.4 Å². The molecule has 0 saturated carbocycles. The number of halogens is 1. The van der Waals surface area contributed by atoms with Gasteiger partial charge in [0.1, 0.15) is 17.8 Å². The Bertz CT molecular complexity index is 1330. The highest BCUT2D eigenvalue weighted by atomic mass is 35.5. The number of ether oxygens (including phenoxy) is 2. The van der Waals surface area contributed by atoms with Crippen molar-refractivity contribution in [2.75, 3.05) is 23.9 Å². The molecule has 2 atom stereocenters. The minimum atomic E-state index is -1.15. The van der Waals surface area contributed by atoms with E-state index in [1.807, 2.05) is 0 Å². The summed E-state index contributed by atoms with van der Waals surface area (Å²) in [4.78, 5) is 62.9. The van der Waals surface area contributed by atoms with Crippen molar-refractivity contribution in [3.63, 3.8) is 0 Å². The first-order valence-corrected chi connectivity index (χ1v) is 11.4. The van der Waals surface area contributed by atoms with E-state index in [9.17, 15) is 24.0 Å². The van der Waals surface area contributed by atoms with Crippen molar-refractivity contribution in [3.05, 3.63) is 52.5 Å². The molecule has 2 aromatic carbocycles. The Morgan fingerprint density at radius 1 is 1.17 bits per heavy atom. The van der Waals surface area contributed by atoms with E-state index in [4.69, 9.17) is 16.3 Å². The Morgan fingerprint density at radius 2 is 1.94 bits per heavy atom. The minimum absolute atomic E-state index is 0.298. The molecule has 1 aliphatic carbocycles. The lowest BCUT2D eigenvalue weighted by Crippen LogP contribution is -2.49. The van der Waals surface area contributed by atoms with Crippen LogP contribution in [0.4, 0.5) is 16.2 Å². The molecule has 2 unspecified atom stereocenters. The van der Waals surface area contributed by atoms with Gasteiger partial charge in [0.05, 0.1) is 19.2 Å². The second-order valence-electron chi connectivity index (χ2n) is 8.80. The molecule has 5 amide bonds. The number of hydrogen-bond donors (Lipinski definition) is 3. The van der Waals surface area contributed by atoms with Crippen LogP contribution in [-0.4, -0.2) is 55.0 Å². The highest BCUT2D eigenvalue weighted by Gasteiger charge is 2.50. The first kappa shape index (κ1) is 23.6. The van der Waals surface area contributed by atoms with Crippen LogP contribution < -0.4 is 25.6 Å². The van der Waals surface area contributed by atoms with Gasteiger partial charge in [-0.1, -0.05) is 17.7 Å². The Hall–Kier alpha value is -4.12. The van der Waals surface area contributed by atoms with E-state index in [0.717, 1.165) is 11.1 Å². The van der Waals surface area contributed by atoms with Gasteiger partial charge in [0.25, 0.3) is 11.8 Å². The monoisotopic (exact) mass is 512 g/mol. The van der Waals surface area contributed by atoms with E-state index in [2.05, 4.69) is 20.7 Å². The molecule has 11 nitrogen and oxygen atoms in total. The Morgan fingerprint density at radius 3 is 2.67 bits per heavy atom. The largest absolute Gasteiger partial charge is 0.478 e. The van der Waals surface area contributed by atoms with Crippen LogP contribution in [0.2, 0.25) is 5.02 Å². The molecule has 12 heteroatoms. The van der Waals surface area contributed by atoms with Crippen LogP contribution in [-0.2, 0) is 36.8 Å². The first-order chi connectivity index (χ1) is 17.2. The Balaban J connectivity index is 1.33. The van der Waals surface area contributed by atoms with Crippen molar-refractivity contribution in [2.24, 2.45) is 0 Å². The summed E-state index contributed by atoms with van der Waals surface area (Å²) in [5, 5.41) is 8.07. The summed E-state index contributed by atoms with van der Waals surface area (Å²) in [6.07, 6.45) is -0.808. The second-order valence-corrected chi connectivity index (χ2v) is 9.24. The third kappa shape index (κ3) is 4.22. The predicted molar refractivity (Wildman–Crippen MR) is 127 cm³/mol. The lowest BCUT2D eigenvalue weighted by molar-refractivity contribution is -0.145. The molecule has 2 aliphatic heterocycles. The SMILES string of the molecule is COC(=O)CC1Oc2ccc(Cl)cc2N(CC(=O)Nc2ccc3c(c2)CC2(C3)NC(=O)NC2=O)C1=O. The summed E-state index contributed by atoms with van der Waals surface area (Å²) in [5.41, 5.74) is 1.48. The molecule has 0 bridgehead atoms. The number of amides is 5. The number of methoxy groups -OCH3 is 1. The quantitative estimate of drug-likeness (QED) is 0.405. The fourth-order valence-electron chi connectivity index (χ4n) is 4.70. The van der Waals surface area contributed by atoms with Gasteiger partial charge in [-0.05, 0) is 41.5 Å². The lowest BCUT2D eigenvalue weighted by Gasteiger charge is -2.33. The number of benzene rings is 2. The fraction of sp³-hybridized carbons (Fsp3) is 0.292. The lowest BCUT2D eigenvalue weighted by atomic mass is 9.96. The normalized spacial score (nSPS) is 21.9. The number of imide groups is 1. The summed E-state index contributed by atoms with van der Waals surface area (Å²) in [5.74, 6) is -1.77. The third-order valence-electron chi connectivity index (χ3n) is 6.39. The molecule has 0 aromatic heterocycles. The van der Waals surface area contributed by atoms with Gasteiger partial charge in [0.15, 0.2) is 6.10 Å². The zero-order valence-electron chi connectivity index (χ0n) is 19.1. The molecule has 3 aliphatic rings. The maximum atomic E-state index is 13.1. The summed E-state index contributed by atoms with van der Waals surface area (Å²) < 4.78 is 10.3. The van der Waals surface area contributed by atoms with E-state index in [1.165, 1.54) is 18.1 Å².